The second-order valence-corrected chi connectivity index (χ2v) is 5.77. The van der Waals surface area contributed by atoms with Crippen LogP contribution in [0.4, 0.5) is 0 Å². The Labute approximate surface area is 133 Å². The fourth-order valence-electron chi connectivity index (χ4n) is 1.77. The van der Waals surface area contributed by atoms with Crippen LogP contribution in [-0.2, 0) is 13.2 Å². The number of hydrogen-bond donors (Lipinski definition) is 1. The van der Waals surface area contributed by atoms with Crippen molar-refractivity contribution < 1.29 is 4.74 Å². The number of halogens is 2. The van der Waals surface area contributed by atoms with E-state index in [-0.39, 0.29) is 0 Å². The van der Waals surface area contributed by atoms with Gasteiger partial charge in [-0.1, -0.05) is 52.7 Å². The van der Waals surface area contributed by atoms with E-state index >= 15 is 0 Å². The van der Waals surface area contributed by atoms with Gasteiger partial charge in [0.05, 0.1) is 0 Å². The third-order valence-corrected chi connectivity index (χ3v) is 3.76. The molecule has 2 rings (SSSR count). The largest absolute Gasteiger partial charge is 0.489 e. The van der Waals surface area contributed by atoms with Crippen molar-refractivity contribution in [1.29, 1.82) is 0 Å². The van der Waals surface area contributed by atoms with Gasteiger partial charge < -0.3 is 10.1 Å². The molecule has 1 N–H and O–H groups in total. The third-order valence-electron chi connectivity index (χ3n) is 2.91. The molecule has 0 amide bonds. The smallest absolute Gasteiger partial charge is 0.119 e. The molecule has 106 valence electrons. The van der Waals surface area contributed by atoms with Gasteiger partial charge in [0, 0.05) is 21.6 Å². The predicted molar refractivity (Wildman–Crippen MR) is 87.3 cm³/mol. The lowest BCUT2D eigenvalue weighted by molar-refractivity contribution is 0.306. The summed E-state index contributed by atoms with van der Waals surface area (Å²) in [7, 11) is 0. The van der Waals surface area contributed by atoms with E-state index in [0.29, 0.717) is 11.6 Å². The molecule has 0 radical (unpaired) electrons. The molecule has 0 unspecified atom stereocenters. The number of rotatable bonds is 6. The van der Waals surface area contributed by atoms with Gasteiger partial charge in [-0.25, -0.2) is 0 Å². The molecule has 0 aromatic heterocycles. The molecule has 2 aromatic rings. The van der Waals surface area contributed by atoms with Gasteiger partial charge >= 0.3 is 0 Å². The Morgan fingerprint density at radius 3 is 2.55 bits per heavy atom. The first kappa shape index (κ1) is 15.4. The van der Waals surface area contributed by atoms with Crippen molar-refractivity contribution >= 4 is 27.5 Å². The molecule has 0 spiro atoms. The minimum absolute atomic E-state index is 0.471. The Morgan fingerprint density at radius 2 is 1.90 bits per heavy atom. The van der Waals surface area contributed by atoms with Gasteiger partial charge in [-0.2, -0.15) is 0 Å². The fourth-order valence-corrected chi connectivity index (χ4v) is 2.50. The quantitative estimate of drug-likeness (QED) is 0.805. The zero-order chi connectivity index (χ0) is 14.4. The lowest BCUT2D eigenvalue weighted by Gasteiger charge is -2.09. The van der Waals surface area contributed by atoms with Crippen molar-refractivity contribution in [1.82, 2.24) is 5.32 Å². The van der Waals surface area contributed by atoms with Crippen molar-refractivity contribution in [2.24, 2.45) is 0 Å². The van der Waals surface area contributed by atoms with Crippen LogP contribution >= 0.6 is 27.5 Å². The van der Waals surface area contributed by atoms with Crippen molar-refractivity contribution in [3.05, 3.63) is 63.1 Å². The average molecular weight is 355 g/mol. The van der Waals surface area contributed by atoms with Crippen LogP contribution in [0.5, 0.6) is 5.75 Å². The normalized spacial score (nSPS) is 10.6. The minimum atomic E-state index is 0.471. The lowest BCUT2D eigenvalue weighted by Crippen LogP contribution is -2.11. The Morgan fingerprint density at radius 1 is 1.15 bits per heavy atom. The van der Waals surface area contributed by atoms with Gasteiger partial charge in [0.2, 0.25) is 0 Å². The zero-order valence-electron chi connectivity index (χ0n) is 11.3. The molecule has 0 aliphatic heterocycles. The van der Waals surface area contributed by atoms with Crippen molar-refractivity contribution in [3.8, 4) is 5.75 Å². The molecule has 0 fully saturated rings. The average Bonchev–Trinajstić information content (AvgIpc) is 2.45. The number of nitrogens with one attached hydrogen (secondary N) is 1. The molecule has 0 aliphatic rings. The maximum atomic E-state index is 6.16. The van der Waals surface area contributed by atoms with Crippen LogP contribution in [0.25, 0.3) is 0 Å². The molecule has 0 heterocycles. The maximum Gasteiger partial charge on any atom is 0.119 e. The van der Waals surface area contributed by atoms with Crippen LogP contribution in [0.3, 0.4) is 0 Å². The predicted octanol–water partition coefficient (Wildman–Crippen LogP) is 4.79. The molecule has 2 aromatic carbocycles. The zero-order valence-corrected chi connectivity index (χ0v) is 13.7. The second kappa shape index (κ2) is 7.67. The molecule has 0 atom stereocenters. The summed E-state index contributed by atoms with van der Waals surface area (Å²) in [5, 5.41) is 4.00. The van der Waals surface area contributed by atoms with Gasteiger partial charge in [-0.3, -0.25) is 0 Å². The Bertz CT molecular complexity index is 557. The van der Waals surface area contributed by atoms with E-state index in [1.165, 1.54) is 5.56 Å². The molecule has 2 nitrogen and oxygen atoms in total. The van der Waals surface area contributed by atoms with Crippen LogP contribution in [0, 0.1) is 0 Å². The summed E-state index contributed by atoms with van der Waals surface area (Å²) in [6, 6.07) is 13.9. The number of hydrogen-bond acceptors (Lipinski definition) is 2. The van der Waals surface area contributed by atoms with Crippen molar-refractivity contribution in [2.75, 3.05) is 6.54 Å². The van der Waals surface area contributed by atoms with E-state index in [4.69, 9.17) is 16.3 Å². The first-order chi connectivity index (χ1) is 9.69. The van der Waals surface area contributed by atoms with Crippen LogP contribution < -0.4 is 10.1 Å². The van der Waals surface area contributed by atoms with E-state index < -0.39 is 0 Å². The fraction of sp³-hybridized carbons (Fsp3) is 0.250. The molecular weight excluding hydrogens is 338 g/mol. The summed E-state index contributed by atoms with van der Waals surface area (Å²) in [6.07, 6.45) is 0. The van der Waals surface area contributed by atoms with Crippen LogP contribution in [0.15, 0.2) is 46.9 Å². The highest BCUT2D eigenvalue weighted by Crippen LogP contribution is 2.23. The van der Waals surface area contributed by atoms with E-state index in [1.807, 2.05) is 30.3 Å². The van der Waals surface area contributed by atoms with Crippen molar-refractivity contribution in [2.45, 2.75) is 20.1 Å². The first-order valence-electron chi connectivity index (χ1n) is 6.55. The molecule has 4 heteroatoms. The highest BCUT2D eigenvalue weighted by molar-refractivity contribution is 9.10. The highest BCUT2D eigenvalue weighted by atomic mass is 79.9. The summed E-state index contributed by atoms with van der Waals surface area (Å²) in [5.41, 5.74) is 2.23. The van der Waals surface area contributed by atoms with Crippen LogP contribution in [-0.4, -0.2) is 6.54 Å². The Balaban J connectivity index is 1.93. The van der Waals surface area contributed by atoms with Crippen LogP contribution in [0.2, 0.25) is 5.02 Å². The lowest BCUT2D eigenvalue weighted by atomic mass is 10.2. The number of ether oxygens (including phenoxy) is 1. The standard InChI is InChI=1S/C16H17BrClNO/c1-2-19-10-12-3-7-15(8-4-12)20-11-13-5-6-14(17)9-16(13)18/h3-9,19H,2,10-11H2,1H3. The monoisotopic (exact) mass is 353 g/mol. The minimum Gasteiger partial charge on any atom is -0.489 e. The Kier molecular flexibility index (Phi) is 5.89. The summed E-state index contributed by atoms with van der Waals surface area (Å²) < 4.78 is 6.72. The summed E-state index contributed by atoms with van der Waals surface area (Å²) >= 11 is 9.55. The summed E-state index contributed by atoms with van der Waals surface area (Å²) in [6.45, 7) is 4.42. The van der Waals surface area contributed by atoms with Gasteiger partial charge in [-0.15, -0.1) is 0 Å². The molecule has 0 saturated carbocycles. The highest BCUT2D eigenvalue weighted by Gasteiger charge is 2.02. The van der Waals surface area contributed by atoms with Gasteiger partial charge in [0.1, 0.15) is 12.4 Å². The topological polar surface area (TPSA) is 21.3 Å². The van der Waals surface area contributed by atoms with Crippen LogP contribution in [0.1, 0.15) is 18.1 Å². The SMILES string of the molecule is CCNCc1ccc(OCc2ccc(Br)cc2Cl)cc1. The molecular formula is C16H17BrClNO. The van der Waals surface area contributed by atoms with E-state index in [9.17, 15) is 0 Å². The van der Waals surface area contributed by atoms with E-state index in [1.54, 1.807) is 0 Å². The first-order valence-corrected chi connectivity index (χ1v) is 7.72. The molecule has 0 bridgehead atoms. The van der Waals surface area contributed by atoms with E-state index in [0.717, 1.165) is 28.9 Å². The molecule has 20 heavy (non-hydrogen) atoms. The summed E-state index contributed by atoms with van der Waals surface area (Å²) in [5.74, 6) is 0.851. The van der Waals surface area contributed by atoms with Gasteiger partial charge in [-0.05, 0) is 36.4 Å². The third kappa shape index (κ3) is 4.51. The second-order valence-electron chi connectivity index (χ2n) is 4.45. The molecule has 0 aliphatic carbocycles. The van der Waals surface area contributed by atoms with E-state index in [2.05, 4.69) is 40.3 Å². The van der Waals surface area contributed by atoms with Crippen molar-refractivity contribution in [3.63, 3.8) is 0 Å². The number of benzene rings is 2. The van der Waals surface area contributed by atoms with Gasteiger partial charge in [0.15, 0.2) is 0 Å². The molecule has 0 saturated heterocycles. The maximum absolute atomic E-state index is 6.16. The Hall–Kier alpha value is -1.03. The summed E-state index contributed by atoms with van der Waals surface area (Å²) in [4.78, 5) is 0. The van der Waals surface area contributed by atoms with Gasteiger partial charge in [0.25, 0.3) is 0 Å².